The fourth-order valence-electron chi connectivity index (χ4n) is 2.36. The third kappa shape index (κ3) is 3.77. The third-order valence-electron chi connectivity index (χ3n) is 3.67. The number of aromatic nitrogens is 3. The normalized spacial score (nSPS) is 10.3. The van der Waals surface area contributed by atoms with Crippen molar-refractivity contribution >= 4 is 5.91 Å². The van der Waals surface area contributed by atoms with E-state index in [1.807, 2.05) is 36.4 Å². The molecule has 1 amide bonds. The Kier molecular flexibility index (Phi) is 4.94. The molecular formula is C18H18N4O3. The number of hydrogen-bond acceptors (Lipinski definition) is 5. The molecule has 0 saturated carbocycles. The number of benzene rings is 2. The first-order chi connectivity index (χ1) is 12.2. The van der Waals surface area contributed by atoms with Crippen molar-refractivity contribution in [2.45, 2.75) is 6.54 Å². The van der Waals surface area contributed by atoms with Crippen LogP contribution < -0.4 is 14.8 Å². The minimum Gasteiger partial charge on any atom is -0.497 e. The van der Waals surface area contributed by atoms with Gasteiger partial charge in [-0.1, -0.05) is 23.4 Å². The largest absolute Gasteiger partial charge is 0.497 e. The Morgan fingerprint density at radius 2 is 1.92 bits per heavy atom. The van der Waals surface area contributed by atoms with E-state index in [4.69, 9.17) is 9.47 Å². The molecule has 0 bridgehead atoms. The van der Waals surface area contributed by atoms with Crippen molar-refractivity contribution in [1.29, 1.82) is 0 Å². The molecule has 0 saturated heterocycles. The SMILES string of the molecule is COc1ccc(OC)c(CNC(=O)c2cn(-c3ccccc3)nn2)c1. The highest BCUT2D eigenvalue weighted by Crippen LogP contribution is 2.23. The average Bonchev–Trinajstić information content (AvgIpc) is 3.17. The van der Waals surface area contributed by atoms with Crippen LogP contribution >= 0.6 is 0 Å². The van der Waals surface area contributed by atoms with Crippen LogP contribution in [-0.2, 0) is 6.54 Å². The van der Waals surface area contributed by atoms with Crippen molar-refractivity contribution in [3.63, 3.8) is 0 Å². The van der Waals surface area contributed by atoms with E-state index in [0.29, 0.717) is 11.5 Å². The number of nitrogens with zero attached hydrogens (tertiary/aromatic N) is 3. The number of hydrogen-bond donors (Lipinski definition) is 1. The highest BCUT2D eigenvalue weighted by Gasteiger charge is 2.13. The second-order valence-corrected chi connectivity index (χ2v) is 5.24. The summed E-state index contributed by atoms with van der Waals surface area (Å²) in [5.41, 5.74) is 1.89. The minimum atomic E-state index is -0.313. The van der Waals surface area contributed by atoms with Crippen LogP contribution in [0.4, 0.5) is 0 Å². The zero-order valence-electron chi connectivity index (χ0n) is 14.0. The highest BCUT2D eigenvalue weighted by molar-refractivity contribution is 5.91. The molecule has 128 valence electrons. The fourth-order valence-corrected chi connectivity index (χ4v) is 2.36. The molecule has 3 aromatic rings. The predicted octanol–water partition coefficient (Wildman–Crippen LogP) is 2.21. The van der Waals surface area contributed by atoms with Crippen LogP contribution in [0, 0.1) is 0 Å². The van der Waals surface area contributed by atoms with Crippen LogP contribution in [0.1, 0.15) is 16.1 Å². The second kappa shape index (κ2) is 7.48. The van der Waals surface area contributed by atoms with E-state index in [2.05, 4.69) is 15.6 Å². The van der Waals surface area contributed by atoms with Crippen LogP contribution in [0.25, 0.3) is 5.69 Å². The smallest absolute Gasteiger partial charge is 0.273 e. The number of para-hydroxylation sites is 1. The van der Waals surface area contributed by atoms with Gasteiger partial charge in [-0.05, 0) is 30.3 Å². The van der Waals surface area contributed by atoms with Gasteiger partial charge in [-0.25, -0.2) is 4.68 Å². The quantitative estimate of drug-likeness (QED) is 0.745. The van der Waals surface area contributed by atoms with E-state index in [-0.39, 0.29) is 18.1 Å². The fraction of sp³-hybridized carbons (Fsp3) is 0.167. The molecule has 2 aromatic carbocycles. The maximum atomic E-state index is 12.3. The molecule has 0 radical (unpaired) electrons. The van der Waals surface area contributed by atoms with E-state index in [1.54, 1.807) is 37.2 Å². The van der Waals surface area contributed by atoms with Crippen molar-refractivity contribution in [2.75, 3.05) is 14.2 Å². The van der Waals surface area contributed by atoms with Crippen LogP contribution in [0.3, 0.4) is 0 Å². The molecular weight excluding hydrogens is 320 g/mol. The number of nitrogens with one attached hydrogen (secondary N) is 1. The number of amides is 1. The maximum Gasteiger partial charge on any atom is 0.273 e. The van der Waals surface area contributed by atoms with Crippen LogP contribution in [0.5, 0.6) is 11.5 Å². The zero-order chi connectivity index (χ0) is 17.6. The monoisotopic (exact) mass is 338 g/mol. The van der Waals surface area contributed by atoms with Crippen molar-refractivity contribution in [3.8, 4) is 17.2 Å². The van der Waals surface area contributed by atoms with Crippen LogP contribution in [0.2, 0.25) is 0 Å². The van der Waals surface area contributed by atoms with Crippen molar-refractivity contribution in [2.24, 2.45) is 0 Å². The Morgan fingerprint density at radius 3 is 2.64 bits per heavy atom. The summed E-state index contributed by atoms with van der Waals surface area (Å²) in [6.45, 7) is 0.289. The second-order valence-electron chi connectivity index (χ2n) is 5.24. The molecule has 1 aromatic heterocycles. The molecule has 1 heterocycles. The number of carbonyl (C=O) groups is 1. The first-order valence-electron chi connectivity index (χ1n) is 7.68. The van der Waals surface area contributed by atoms with E-state index < -0.39 is 0 Å². The van der Waals surface area contributed by atoms with Gasteiger partial charge in [0.15, 0.2) is 5.69 Å². The van der Waals surface area contributed by atoms with E-state index in [9.17, 15) is 4.79 Å². The lowest BCUT2D eigenvalue weighted by atomic mass is 10.2. The first-order valence-corrected chi connectivity index (χ1v) is 7.68. The van der Waals surface area contributed by atoms with Gasteiger partial charge in [0.2, 0.25) is 0 Å². The van der Waals surface area contributed by atoms with E-state index >= 15 is 0 Å². The Labute approximate surface area is 145 Å². The molecule has 25 heavy (non-hydrogen) atoms. The Hall–Kier alpha value is -3.35. The standard InChI is InChI=1S/C18H18N4O3/c1-24-15-8-9-17(25-2)13(10-15)11-19-18(23)16-12-22(21-20-16)14-6-4-3-5-7-14/h3-10,12H,11H2,1-2H3,(H,19,23). The van der Waals surface area contributed by atoms with E-state index in [1.165, 1.54) is 0 Å². The van der Waals surface area contributed by atoms with Gasteiger partial charge in [-0.2, -0.15) is 0 Å². The zero-order valence-corrected chi connectivity index (χ0v) is 14.0. The molecule has 7 nitrogen and oxygen atoms in total. The van der Waals surface area contributed by atoms with Gasteiger partial charge in [0.05, 0.1) is 26.1 Å². The lowest BCUT2D eigenvalue weighted by Gasteiger charge is -2.10. The lowest BCUT2D eigenvalue weighted by Crippen LogP contribution is -2.23. The summed E-state index contributed by atoms with van der Waals surface area (Å²) in [4.78, 5) is 12.3. The maximum absolute atomic E-state index is 12.3. The summed E-state index contributed by atoms with van der Waals surface area (Å²) >= 11 is 0. The van der Waals surface area contributed by atoms with Crippen LogP contribution in [0.15, 0.2) is 54.7 Å². The Balaban J connectivity index is 1.70. The number of carbonyl (C=O) groups excluding carboxylic acids is 1. The van der Waals surface area contributed by atoms with Gasteiger partial charge in [0.25, 0.3) is 5.91 Å². The number of methoxy groups -OCH3 is 2. The Bertz CT molecular complexity index is 862. The summed E-state index contributed by atoms with van der Waals surface area (Å²) in [7, 11) is 3.17. The van der Waals surface area contributed by atoms with Crippen molar-refractivity contribution < 1.29 is 14.3 Å². The van der Waals surface area contributed by atoms with Crippen molar-refractivity contribution in [3.05, 3.63) is 66.0 Å². The molecule has 0 spiro atoms. The molecule has 0 aliphatic heterocycles. The summed E-state index contributed by atoms with van der Waals surface area (Å²) < 4.78 is 12.1. The summed E-state index contributed by atoms with van der Waals surface area (Å²) in [5.74, 6) is 1.06. The van der Waals surface area contributed by atoms with Gasteiger partial charge in [-0.15, -0.1) is 5.10 Å². The van der Waals surface area contributed by atoms with Gasteiger partial charge < -0.3 is 14.8 Å². The minimum absolute atomic E-state index is 0.241. The van der Waals surface area contributed by atoms with Gasteiger partial charge in [-0.3, -0.25) is 4.79 Å². The van der Waals surface area contributed by atoms with Crippen molar-refractivity contribution in [1.82, 2.24) is 20.3 Å². The van der Waals surface area contributed by atoms with Gasteiger partial charge >= 0.3 is 0 Å². The number of rotatable bonds is 6. The average molecular weight is 338 g/mol. The molecule has 0 fully saturated rings. The van der Waals surface area contributed by atoms with Crippen LogP contribution in [-0.4, -0.2) is 35.1 Å². The summed E-state index contributed by atoms with van der Waals surface area (Å²) in [6, 6.07) is 14.9. The summed E-state index contributed by atoms with van der Waals surface area (Å²) in [6.07, 6.45) is 1.59. The Morgan fingerprint density at radius 1 is 1.12 bits per heavy atom. The molecule has 0 aliphatic carbocycles. The van der Waals surface area contributed by atoms with Gasteiger partial charge in [0, 0.05) is 12.1 Å². The molecule has 0 unspecified atom stereocenters. The molecule has 1 N–H and O–H groups in total. The third-order valence-corrected chi connectivity index (χ3v) is 3.67. The predicted molar refractivity (Wildman–Crippen MR) is 92.1 cm³/mol. The molecule has 0 atom stereocenters. The summed E-state index contributed by atoms with van der Waals surface area (Å²) in [5, 5.41) is 10.7. The van der Waals surface area contributed by atoms with E-state index in [0.717, 1.165) is 11.3 Å². The first kappa shape index (κ1) is 16.5. The lowest BCUT2D eigenvalue weighted by molar-refractivity contribution is 0.0945. The van der Waals surface area contributed by atoms with Gasteiger partial charge in [0.1, 0.15) is 11.5 Å². The topological polar surface area (TPSA) is 78.3 Å². The molecule has 3 rings (SSSR count). The highest BCUT2D eigenvalue weighted by atomic mass is 16.5. The number of ether oxygens (including phenoxy) is 2. The molecule has 0 aliphatic rings. The molecule has 7 heteroatoms.